The van der Waals surface area contributed by atoms with Crippen LogP contribution < -0.4 is 0 Å². The van der Waals surface area contributed by atoms with Crippen LogP contribution in [0.15, 0.2) is 46.9 Å². The molecule has 1 N–H and O–H groups in total. The molecule has 0 radical (unpaired) electrons. The summed E-state index contributed by atoms with van der Waals surface area (Å²) in [5.41, 5.74) is 3.62. The van der Waals surface area contributed by atoms with E-state index in [-0.39, 0.29) is 6.54 Å². The third-order valence-corrected chi connectivity index (χ3v) is 3.87. The Kier molecular flexibility index (Phi) is 3.51. The van der Waals surface area contributed by atoms with E-state index in [9.17, 15) is 9.90 Å². The van der Waals surface area contributed by atoms with E-state index in [0.717, 1.165) is 26.6 Å². The molecule has 0 unspecified atom stereocenters. The second-order valence-corrected chi connectivity index (χ2v) is 5.78. The molecular weight excluding hydrogens is 332 g/mol. The van der Waals surface area contributed by atoms with Crippen molar-refractivity contribution < 1.29 is 9.90 Å². The highest BCUT2D eigenvalue weighted by atomic mass is 79.9. The molecular formula is C16H13BrN2O2. The fourth-order valence-corrected chi connectivity index (χ4v) is 2.93. The summed E-state index contributed by atoms with van der Waals surface area (Å²) in [5, 5.41) is 9.17. The molecule has 2 aromatic carbocycles. The SMILES string of the molecule is Cc1cc(Br)ccc1-c1nc2ccccc2n1CC(=O)O. The minimum Gasteiger partial charge on any atom is -0.480 e. The average molecular weight is 345 g/mol. The number of carboxylic acid groups (broad SMARTS) is 1. The van der Waals surface area contributed by atoms with Gasteiger partial charge >= 0.3 is 5.97 Å². The molecule has 0 atom stereocenters. The number of aliphatic carboxylic acids is 1. The first kappa shape index (κ1) is 13.8. The van der Waals surface area contributed by atoms with Crippen molar-refractivity contribution in [3.8, 4) is 11.4 Å². The number of halogens is 1. The van der Waals surface area contributed by atoms with E-state index in [1.807, 2.05) is 49.4 Å². The van der Waals surface area contributed by atoms with Crippen molar-refractivity contribution in [1.29, 1.82) is 0 Å². The van der Waals surface area contributed by atoms with E-state index in [2.05, 4.69) is 20.9 Å². The summed E-state index contributed by atoms with van der Waals surface area (Å²) in [5.74, 6) is -0.197. The highest BCUT2D eigenvalue weighted by Crippen LogP contribution is 2.28. The number of nitrogens with zero attached hydrogens (tertiary/aromatic N) is 2. The normalized spacial score (nSPS) is 11.0. The lowest BCUT2D eigenvalue weighted by molar-refractivity contribution is -0.137. The standard InChI is InChI=1S/C16H13BrN2O2/c1-10-8-11(17)6-7-12(10)16-18-13-4-2-3-5-14(13)19(16)9-15(20)21/h2-8H,9H2,1H3,(H,20,21). The molecule has 0 aliphatic carbocycles. The Morgan fingerprint density at radius 2 is 2.05 bits per heavy atom. The van der Waals surface area contributed by atoms with E-state index >= 15 is 0 Å². The van der Waals surface area contributed by atoms with Gasteiger partial charge in [0.1, 0.15) is 12.4 Å². The average Bonchev–Trinajstić information content (AvgIpc) is 2.77. The maximum Gasteiger partial charge on any atom is 0.323 e. The Bertz CT molecular complexity index is 839. The van der Waals surface area contributed by atoms with Gasteiger partial charge in [-0.3, -0.25) is 4.79 Å². The van der Waals surface area contributed by atoms with E-state index in [1.165, 1.54) is 0 Å². The quantitative estimate of drug-likeness (QED) is 0.784. The lowest BCUT2D eigenvalue weighted by Crippen LogP contribution is -2.10. The summed E-state index contributed by atoms with van der Waals surface area (Å²) in [4.78, 5) is 15.8. The third kappa shape index (κ3) is 2.56. The molecule has 106 valence electrons. The Labute approximate surface area is 130 Å². The van der Waals surface area contributed by atoms with E-state index in [1.54, 1.807) is 4.57 Å². The van der Waals surface area contributed by atoms with Gasteiger partial charge < -0.3 is 9.67 Å². The number of hydrogen-bond donors (Lipinski definition) is 1. The number of para-hydroxylation sites is 2. The van der Waals surface area contributed by atoms with E-state index in [4.69, 9.17) is 0 Å². The monoisotopic (exact) mass is 344 g/mol. The number of fused-ring (bicyclic) bond motifs is 1. The Balaban J connectivity index is 2.28. The second-order valence-electron chi connectivity index (χ2n) is 4.86. The second kappa shape index (κ2) is 5.33. The highest BCUT2D eigenvalue weighted by Gasteiger charge is 2.16. The molecule has 0 saturated heterocycles. The minimum absolute atomic E-state index is 0.106. The van der Waals surface area contributed by atoms with Crippen LogP contribution >= 0.6 is 15.9 Å². The molecule has 4 nitrogen and oxygen atoms in total. The van der Waals surface area contributed by atoms with Crippen LogP contribution in [0.4, 0.5) is 0 Å². The molecule has 0 spiro atoms. The van der Waals surface area contributed by atoms with Crippen LogP contribution in [-0.2, 0) is 11.3 Å². The van der Waals surface area contributed by atoms with Crippen LogP contribution in [0.1, 0.15) is 5.56 Å². The lowest BCUT2D eigenvalue weighted by atomic mass is 10.1. The summed E-state index contributed by atoms with van der Waals surface area (Å²) < 4.78 is 2.73. The molecule has 1 heterocycles. The smallest absolute Gasteiger partial charge is 0.323 e. The van der Waals surface area contributed by atoms with Crippen LogP contribution in [0, 0.1) is 6.92 Å². The number of benzene rings is 2. The molecule has 3 rings (SSSR count). The van der Waals surface area contributed by atoms with Crippen molar-refractivity contribution in [2.24, 2.45) is 0 Å². The third-order valence-electron chi connectivity index (χ3n) is 3.38. The van der Waals surface area contributed by atoms with E-state index < -0.39 is 5.97 Å². The number of carbonyl (C=O) groups is 1. The number of rotatable bonds is 3. The van der Waals surface area contributed by atoms with Crippen molar-refractivity contribution >= 4 is 32.9 Å². The molecule has 0 saturated carbocycles. The Morgan fingerprint density at radius 3 is 2.76 bits per heavy atom. The Morgan fingerprint density at radius 1 is 1.29 bits per heavy atom. The summed E-state index contributed by atoms with van der Waals surface area (Å²) in [6.07, 6.45) is 0. The van der Waals surface area contributed by atoms with Gasteiger partial charge in [0.25, 0.3) is 0 Å². The number of aromatic nitrogens is 2. The molecule has 0 fully saturated rings. The van der Waals surface area contributed by atoms with Gasteiger partial charge in [-0.15, -0.1) is 0 Å². The van der Waals surface area contributed by atoms with Gasteiger partial charge in [0.2, 0.25) is 0 Å². The molecule has 1 aromatic heterocycles. The first-order chi connectivity index (χ1) is 10.1. The van der Waals surface area contributed by atoms with Gasteiger partial charge in [0.05, 0.1) is 11.0 Å². The number of aryl methyl sites for hydroxylation is 1. The summed E-state index contributed by atoms with van der Waals surface area (Å²) >= 11 is 3.44. The summed E-state index contributed by atoms with van der Waals surface area (Å²) in [6.45, 7) is 1.88. The maximum absolute atomic E-state index is 11.2. The van der Waals surface area contributed by atoms with Gasteiger partial charge in [-0.2, -0.15) is 0 Å². The van der Waals surface area contributed by atoms with E-state index in [0.29, 0.717) is 5.82 Å². The van der Waals surface area contributed by atoms with Gasteiger partial charge in [-0.25, -0.2) is 4.98 Å². The summed E-state index contributed by atoms with van der Waals surface area (Å²) in [6, 6.07) is 13.5. The predicted octanol–water partition coefficient (Wildman–Crippen LogP) is 3.86. The molecule has 0 aliphatic heterocycles. The highest BCUT2D eigenvalue weighted by molar-refractivity contribution is 9.10. The predicted molar refractivity (Wildman–Crippen MR) is 85.2 cm³/mol. The van der Waals surface area contributed by atoms with Crippen molar-refractivity contribution in [2.45, 2.75) is 13.5 Å². The molecule has 0 aliphatic rings. The molecule has 0 amide bonds. The number of imidazole rings is 1. The zero-order chi connectivity index (χ0) is 15.0. The van der Waals surface area contributed by atoms with Crippen LogP contribution in [0.5, 0.6) is 0 Å². The van der Waals surface area contributed by atoms with Crippen LogP contribution in [0.2, 0.25) is 0 Å². The minimum atomic E-state index is -0.880. The topological polar surface area (TPSA) is 55.1 Å². The fraction of sp³-hybridized carbons (Fsp3) is 0.125. The fourth-order valence-electron chi connectivity index (χ4n) is 2.45. The lowest BCUT2D eigenvalue weighted by Gasteiger charge is -2.09. The van der Waals surface area contributed by atoms with Crippen molar-refractivity contribution in [1.82, 2.24) is 9.55 Å². The molecule has 21 heavy (non-hydrogen) atoms. The zero-order valence-electron chi connectivity index (χ0n) is 11.4. The largest absolute Gasteiger partial charge is 0.480 e. The number of hydrogen-bond acceptors (Lipinski definition) is 2. The van der Waals surface area contributed by atoms with Crippen LogP contribution in [-0.4, -0.2) is 20.6 Å². The number of carboxylic acids is 1. The van der Waals surface area contributed by atoms with Gasteiger partial charge in [0, 0.05) is 10.0 Å². The van der Waals surface area contributed by atoms with Crippen LogP contribution in [0.25, 0.3) is 22.4 Å². The Hall–Kier alpha value is -2.14. The van der Waals surface area contributed by atoms with Gasteiger partial charge in [-0.1, -0.05) is 28.1 Å². The molecule has 5 heteroatoms. The molecule has 3 aromatic rings. The summed E-state index contributed by atoms with van der Waals surface area (Å²) in [7, 11) is 0. The van der Waals surface area contributed by atoms with Crippen molar-refractivity contribution in [3.05, 3.63) is 52.5 Å². The first-order valence-corrected chi connectivity index (χ1v) is 7.29. The maximum atomic E-state index is 11.2. The van der Waals surface area contributed by atoms with Gasteiger partial charge in [0.15, 0.2) is 0 Å². The van der Waals surface area contributed by atoms with Crippen molar-refractivity contribution in [2.75, 3.05) is 0 Å². The van der Waals surface area contributed by atoms with Gasteiger partial charge in [-0.05, 0) is 42.8 Å². The zero-order valence-corrected chi connectivity index (χ0v) is 13.0. The first-order valence-electron chi connectivity index (χ1n) is 6.50. The van der Waals surface area contributed by atoms with Crippen LogP contribution in [0.3, 0.4) is 0 Å². The molecule has 0 bridgehead atoms. The van der Waals surface area contributed by atoms with Crippen molar-refractivity contribution in [3.63, 3.8) is 0 Å².